The van der Waals surface area contributed by atoms with Crippen LogP contribution in [0.25, 0.3) is 11.1 Å². The van der Waals surface area contributed by atoms with E-state index in [1.165, 1.54) is 13.2 Å². The molecule has 4 rings (SSSR count). The van der Waals surface area contributed by atoms with Crippen LogP contribution >= 0.6 is 0 Å². The molecule has 3 aromatic rings. The van der Waals surface area contributed by atoms with Crippen molar-refractivity contribution >= 4 is 5.97 Å². The van der Waals surface area contributed by atoms with Gasteiger partial charge in [-0.05, 0) is 60.1 Å². The minimum atomic E-state index is -0.343. The van der Waals surface area contributed by atoms with Crippen LogP contribution in [-0.4, -0.2) is 24.7 Å². The Morgan fingerprint density at radius 1 is 1.24 bits per heavy atom. The van der Waals surface area contributed by atoms with Crippen molar-refractivity contribution in [2.24, 2.45) is 0 Å². The van der Waals surface area contributed by atoms with Crippen LogP contribution in [0.4, 0.5) is 4.39 Å². The summed E-state index contributed by atoms with van der Waals surface area (Å²) in [6, 6.07) is 14.3. The van der Waals surface area contributed by atoms with Crippen LogP contribution in [0.15, 0.2) is 60.9 Å². The molecule has 1 aliphatic rings. The zero-order chi connectivity index (χ0) is 20.2. The van der Waals surface area contributed by atoms with Crippen molar-refractivity contribution in [3.63, 3.8) is 0 Å². The number of fused-ring (bicyclic) bond motifs is 1. The van der Waals surface area contributed by atoms with Gasteiger partial charge in [-0.2, -0.15) is 0 Å². The highest BCUT2D eigenvalue weighted by Crippen LogP contribution is 2.39. The number of hydrogen-bond donors (Lipinski definition) is 0. The second kappa shape index (κ2) is 8.43. The first-order chi connectivity index (χ1) is 14.2. The number of aromatic nitrogens is 1. The highest BCUT2D eigenvalue weighted by molar-refractivity contribution is 5.90. The summed E-state index contributed by atoms with van der Waals surface area (Å²) in [4.78, 5) is 16.1. The largest absolute Gasteiger partial charge is 0.493 e. The van der Waals surface area contributed by atoms with Gasteiger partial charge in [0.25, 0.3) is 0 Å². The molecule has 2 heterocycles. The maximum absolute atomic E-state index is 14.1. The Balaban J connectivity index is 1.55. The van der Waals surface area contributed by atoms with Crippen LogP contribution in [0.1, 0.15) is 40.2 Å². The molecule has 0 spiro atoms. The zero-order valence-corrected chi connectivity index (χ0v) is 16.2. The maximum Gasteiger partial charge on any atom is 0.338 e. The number of ether oxygens (including phenoxy) is 2. The number of pyridine rings is 1. The zero-order valence-electron chi connectivity index (χ0n) is 16.2. The molecule has 0 saturated carbocycles. The molecule has 0 unspecified atom stereocenters. The molecule has 2 aromatic carbocycles. The minimum absolute atomic E-state index is 0.244. The molecule has 1 aromatic heterocycles. The van der Waals surface area contributed by atoms with Gasteiger partial charge in [-0.25, -0.2) is 9.18 Å². The van der Waals surface area contributed by atoms with Crippen LogP contribution in [-0.2, 0) is 11.2 Å². The first kappa shape index (κ1) is 19.1. The molecule has 1 atom stereocenters. The number of nitrogens with zero attached hydrogens (tertiary/aromatic N) is 1. The average molecular weight is 391 g/mol. The molecule has 0 radical (unpaired) electrons. The molecule has 29 heavy (non-hydrogen) atoms. The summed E-state index contributed by atoms with van der Waals surface area (Å²) in [7, 11) is 1.38. The van der Waals surface area contributed by atoms with Gasteiger partial charge in [0.2, 0.25) is 0 Å². The maximum atomic E-state index is 14.1. The lowest BCUT2D eigenvalue weighted by Gasteiger charge is -2.26. The normalized spacial score (nSPS) is 15.3. The monoisotopic (exact) mass is 391 g/mol. The third-order valence-corrected chi connectivity index (χ3v) is 5.43. The molecule has 1 aliphatic heterocycles. The quantitative estimate of drug-likeness (QED) is 0.563. The summed E-state index contributed by atoms with van der Waals surface area (Å²) in [5, 5.41) is 0. The molecule has 4 nitrogen and oxygen atoms in total. The third-order valence-electron chi connectivity index (χ3n) is 5.43. The summed E-state index contributed by atoms with van der Waals surface area (Å²) in [6.45, 7) is 0.620. The third kappa shape index (κ3) is 3.99. The van der Waals surface area contributed by atoms with Gasteiger partial charge in [0.05, 0.1) is 19.3 Å². The Hall–Kier alpha value is -3.21. The van der Waals surface area contributed by atoms with E-state index in [0.29, 0.717) is 23.7 Å². The fourth-order valence-corrected chi connectivity index (χ4v) is 3.89. The van der Waals surface area contributed by atoms with E-state index in [2.05, 4.69) is 4.98 Å². The van der Waals surface area contributed by atoms with Gasteiger partial charge < -0.3 is 9.47 Å². The fourth-order valence-electron chi connectivity index (χ4n) is 3.89. The lowest BCUT2D eigenvalue weighted by atomic mass is 9.86. The van der Waals surface area contributed by atoms with Gasteiger partial charge >= 0.3 is 5.97 Å². The van der Waals surface area contributed by atoms with Gasteiger partial charge in [0, 0.05) is 18.0 Å². The molecular weight excluding hydrogens is 369 g/mol. The van der Waals surface area contributed by atoms with E-state index in [1.807, 2.05) is 24.3 Å². The van der Waals surface area contributed by atoms with Gasteiger partial charge in [-0.1, -0.05) is 30.3 Å². The highest BCUT2D eigenvalue weighted by atomic mass is 19.1. The first-order valence-electron chi connectivity index (χ1n) is 9.70. The topological polar surface area (TPSA) is 48.4 Å². The fraction of sp³-hybridized carbons (Fsp3) is 0.250. The predicted octanol–water partition coefficient (Wildman–Crippen LogP) is 5.17. The number of methoxy groups -OCH3 is 1. The van der Waals surface area contributed by atoms with Crippen LogP contribution in [0, 0.1) is 5.82 Å². The second-order valence-electron chi connectivity index (χ2n) is 7.13. The van der Waals surface area contributed by atoms with Crippen molar-refractivity contribution in [2.75, 3.05) is 13.7 Å². The Morgan fingerprint density at radius 3 is 2.93 bits per heavy atom. The lowest BCUT2D eigenvalue weighted by molar-refractivity contribution is 0.0599. The highest BCUT2D eigenvalue weighted by Gasteiger charge is 2.23. The Kier molecular flexibility index (Phi) is 5.56. The predicted molar refractivity (Wildman–Crippen MR) is 109 cm³/mol. The van der Waals surface area contributed by atoms with Crippen LogP contribution in [0.3, 0.4) is 0 Å². The standard InChI is InChI=1S/C24H22FNO3/c1-28-24(27)21-10-12-26-15-18(21)7-6-16-11-13-29-23-14-17(8-9-20(16)23)19-4-2-3-5-22(19)25/h2-5,8-10,12,14-16H,6-7,11,13H2,1H3/t16-/m0/s1. The van der Waals surface area contributed by atoms with E-state index in [1.54, 1.807) is 30.6 Å². The molecule has 0 saturated heterocycles. The molecule has 0 amide bonds. The number of hydrogen-bond acceptors (Lipinski definition) is 4. The summed E-state index contributed by atoms with van der Waals surface area (Å²) < 4.78 is 24.9. The summed E-state index contributed by atoms with van der Waals surface area (Å²) in [5.41, 5.74) is 3.95. The number of benzene rings is 2. The number of rotatable bonds is 5. The number of aryl methyl sites for hydroxylation is 1. The number of halogens is 1. The van der Waals surface area contributed by atoms with E-state index in [-0.39, 0.29) is 11.8 Å². The van der Waals surface area contributed by atoms with Crippen molar-refractivity contribution in [3.8, 4) is 16.9 Å². The Bertz CT molecular complexity index is 1030. The SMILES string of the molecule is COC(=O)c1ccncc1CC[C@H]1CCOc2cc(-c3ccccc3F)ccc21. The van der Waals surface area contributed by atoms with E-state index >= 15 is 0 Å². The van der Waals surface area contributed by atoms with Crippen molar-refractivity contribution in [1.82, 2.24) is 4.98 Å². The van der Waals surface area contributed by atoms with Crippen molar-refractivity contribution in [2.45, 2.75) is 25.2 Å². The van der Waals surface area contributed by atoms with E-state index < -0.39 is 0 Å². The van der Waals surface area contributed by atoms with E-state index in [4.69, 9.17) is 9.47 Å². The van der Waals surface area contributed by atoms with Gasteiger partial charge in [-0.15, -0.1) is 0 Å². The number of esters is 1. The van der Waals surface area contributed by atoms with Gasteiger partial charge in [0.1, 0.15) is 11.6 Å². The van der Waals surface area contributed by atoms with Crippen molar-refractivity contribution in [1.29, 1.82) is 0 Å². The summed E-state index contributed by atoms with van der Waals surface area (Å²) in [5.74, 6) is 0.525. The van der Waals surface area contributed by atoms with Gasteiger partial charge in [-0.3, -0.25) is 4.98 Å². The molecule has 5 heteroatoms. The molecule has 0 fully saturated rings. The molecular formula is C24H22FNO3. The van der Waals surface area contributed by atoms with Crippen LogP contribution in [0.5, 0.6) is 5.75 Å². The average Bonchev–Trinajstić information content (AvgIpc) is 2.77. The van der Waals surface area contributed by atoms with Crippen molar-refractivity contribution < 1.29 is 18.7 Å². The van der Waals surface area contributed by atoms with Crippen LogP contribution < -0.4 is 4.74 Å². The van der Waals surface area contributed by atoms with Crippen LogP contribution in [0.2, 0.25) is 0 Å². The Labute approximate surface area is 169 Å². The smallest absolute Gasteiger partial charge is 0.338 e. The first-order valence-corrected chi connectivity index (χ1v) is 9.70. The molecule has 148 valence electrons. The van der Waals surface area contributed by atoms with Crippen molar-refractivity contribution in [3.05, 3.63) is 83.4 Å². The molecule has 0 aliphatic carbocycles. The molecule has 0 N–H and O–H groups in total. The van der Waals surface area contributed by atoms with E-state index in [9.17, 15) is 9.18 Å². The summed E-state index contributed by atoms with van der Waals surface area (Å²) >= 11 is 0. The summed E-state index contributed by atoms with van der Waals surface area (Å²) in [6.07, 6.45) is 5.82. The van der Waals surface area contributed by atoms with Gasteiger partial charge in [0.15, 0.2) is 0 Å². The number of carbonyl (C=O) groups excluding carboxylic acids is 1. The molecule has 0 bridgehead atoms. The lowest BCUT2D eigenvalue weighted by Crippen LogP contribution is -2.15. The van der Waals surface area contributed by atoms with E-state index in [0.717, 1.165) is 41.7 Å². The minimum Gasteiger partial charge on any atom is -0.493 e. The number of carbonyl (C=O) groups is 1. The Morgan fingerprint density at radius 2 is 2.10 bits per heavy atom. The second-order valence-corrected chi connectivity index (χ2v) is 7.13.